The highest BCUT2D eigenvalue weighted by atomic mass is 32.1. The van der Waals surface area contributed by atoms with E-state index in [2.05, 4.69) is 4.99 Å². The zero-order chi connectivity index (χ0) is 19.2. The minimum atomic E-state index is -4.80. The molecule has 3 heterocycles. The Balaban J connectivity index is 1.96. The Hall–Kier alpha value is -2.87. The molecule has 4 rings (SSSR count). The lowest BCUT2D eigenvalue weighted by Crippen LogP contribution is -2.37. The molecule has 1 atom stereocenters. The van der Waals surface area contributed by atoms with E-state index < -0.39 is 17.7 Å². The maximum Gasteiger partial charge on any atom is 0.424 e. The highest BCUT2D eigenvalue weighted by Gasteiger charge is 2.60. The van der Waals surface area contributed by atoms with Crippen molar-refractivity contribution in [3.8, 4) is 0 Å². The molecule has 138 valence electrons. The second-order valence-electron chi connectivity index (χ2n) is 5.95. The van der Waals surface area contributed by atoms with E-state index in [0.29, 0.717) is 15.8 Å². The number of esters is 1. The van der Waals surface area contributed by atoms with Gasteiger partial charge in [0, 0.05) is 18.4 Å². The molecule has 0 bridgehead atoms. The Labute approximate surface area is 155 Å². The van der Waals surface area contributed by atoms with E-state index in [0.717, 1.165) is 13.0 Å². The van der Waals surface area contributed by atoms with Crippen LogP contribution in [0.25, 0.3) is 11.0 Å². The molecule has 1 aliphatic heterocycles. The fraction of sp³-hybridized carbons (Fsp3) is 0.158. The van der Waals surface area contributed by atoms with Gasteiger partial charge in [-0.3, -0.25) is 9.79 Å². The van der Waals surface area contributed by atoms with Gasteiger partial charge in [0.1, 0.15) is 17.1 Å². The second-order valence-corrected chi connectivity index (χ2v) is 6.90. The quantitative estimate of drug-likeness (QED) is 0.577. The summed E-state index contributed by atoms with van der Waals surface area (Å²) in [5.74, 6) is -1.34. The topological polar surface area (TPSA) is 51.8 Å². The van der Waals surface area contributed by atoms with Gasteiger partial charge in [0.25, 0.3) is 0 Å². The van der Waals surface area contributed by atoms with E-state index in [4.69, 9.17) is 9.15 Å². The number of carbonyl (C=O) groups is 1. The molecule has 4 nitrogen and oxygen atoms in total. The molecule has 0 saturated carbocycles. The SMILES string of the molecule is CC(=O)OC1=CC(c2cc3ccccc3o2)(C(F)(F)F)N=C1c1cccs1. The first-order valence-corrected chi connectivity index (χ1v) is 8.79. The molecule has 2 aromatic heterocycles. The smallest absolute Gasteiger partial charge is 0.424 e. The molecule has 1 unspecified atom stereocenters. The van der Waals surface area contributed by atoms with E-state index in [9.17, 15) is 18.0 Å². The predicted molar refractivity (Wildman–Crippen MR) is 94.7 cm³/mol. The lowest BCUT2D eigenvalue weighted by Gasteiger charge is -2.24. The number of allylic oxidation sites excluding steroid dienone is 1. The Bertz CT molecular complexity index is 1050. The fourth-order valence-electron chi connectivity index (χ4n) is 2.93. The number of hydrogen-bond acceptors (Lipinski definition) is 5. The monoisotopic (exact) mass is 391 g/mol. The molecular formula is C19H12F3NO3S. The summed E-state index contributed by atoms with van der Waals surface area (Å²) in [6.45, 7) is 1.13. The van der Waals surface area contributed by atoms with Gasteiger partial charge in [-0.25, -0.2) is 0 Å². The Morgan fingerprint density at radius 1 is 1.22 bits per heavy atom. The summed E-state index contributed by atoms with van der Waals surface area (Å²) >= 11 is 1.20. The number of halogens is 3. The Kier molecular flexibility index (Phi) is 3.96. The molecule has 3 aromatic rings. The number of para-hydroxylation sites is 1. The first-order chi connectivity index (χ1) is 12.8. The van der Waals surface area contributed by atoms with Gasteiger partial charge >= 0.3 is 12.1 Å². The average molecular weight is 391 g/mol. The number of furan rings is 1. The summed E-state index contributed by atoms with van der Waals surface area (Å²) in [6.07, 6.45) is -3.99. The summed E-state index contributed by atoms with van der Waals surface area (Å²) in [5, 5.41) is 2.23. The number of aliphatic imine (C=N–C) groups is 1. The van der Waals surface area contributed by atoms with Crippen LogP contribution >= 0.6 is 11.3 Å². The third kappa shape index (κ3) is 2.86. The number of fused-ring (bicyclic) bond motifs is 1. The Morgan fingerprint density at radius 3 is 2.63 bits per heavy atom. The molecule has 0 radical (unpaired) electrons. The highest BCUT2D eigenvalue weighted by Crippen LogP contribution is 2.49. The number of ether oxygens (including phenoxy) is 1. The summed E-state index contributed by atoms with van der Waals surface area (Å²) in [7, 11) is 0. The minimum Gasteiger partial charge on any atom is -0.458 e. The van der Waals surface area contributed by atoms with Gasteiger partial charge in [-0.05, 0) is 23.6 Å². The number of nitrogens with zero attached hydrogens (tertiary/aromatic N) is 1. The summed E-state index contributed by atoms with van der Waals surface area (Å²) in [6, 6.07) is 11.2. The van der Waals surface area contributed by atoms with Crippen LogP contribution in [0.5, 0.6) is 0 Å². The molecule has 0 spiro atoms. The number of carbonyl (C=O) groups excluding carboxylic acids is 1. The van der Waals surface area contributed by atoms with Crippen LogP contribution in [0.2, 0.25) is 0 Å². The van der Waals surface area contributed by atoms with Crippen molar-refractivity contribution < 1.29 is 27.1 Å². The minimum absolute atomic E-state index is 0.0296. The van der Waals surface area contributed by atoms with Gasteiger partial charge in [0.15, 0.2) is 5.76 Å². The Morgan fingerprint density at radius 2 is 2.00 bits per heavy atom. The van der Waals surface area contributed by atoms with Crippen molar-refractivity contribution in [1.29, 1.82) is 0 Å². The van der Waals surface area contributed by atoms with Crippen LogP contribution in [0.1, 0.15) is 17.6 Å². The largest absolute Gasteiger partial charge is 0.458 e. The van der Waals surface area contributed by atoms with Gasteiger partial charge < -0.3 is 9.15 Å². The van der Waals surface area contributed by atoms with Crippen LogP contribution in [0.4, 0.5) is 13.2 Å². The molecule has 1 aliphatic rings. The molecule has 27 heavy (non-hydrogen) atoms. The van der Waals surface area contributed by atoms with Crippen molar-refractivity contribution in [1.82, 2.24) is 0 Å². The molecule has 0 N–H and O–H groups in total. The lowest BCUT2D eigenvalue weighted by atomic mass is 9.96. The first kappa shape index (κ1) is 17.5. The third-order valence-electron chi connectivity index (χ3n) is 4.10. The molecule has 0 fully saturated rings. The number of rotatable bonds is 3. The summed E-state index contributed by atoms with van der Waals surface area (Å²) < 4.78 is 53.2. The van der Waals surface area contributed by atoms with Crippen molar-refractivity contribution in [3.05, 3.63) is 70.3 Å². The van der Waals surface area contributed by atoms with Crippen LogP contribution < -0.4 is 0 Å². The normalized spacial score (nSPS) is 19.9. The first-order valence-electron chi connectivity index (χ1n) is 7.91. The maximum atomic E-state index is 14.2. The van der Waals surface area contributed by atoms with Crippen molar-refractivity contribution in [2.24, 2.45) is 4.99 Å². The molecular weight excluding hydrogens is 379 g/mol. The van der Waals surface area contributed by atoms with Crippen molar-refractivity contribution in [3.63, 3.8) is 0 Å². The number of hydrogen-bond donors (Lipinski definition) is 0. The van der Waals surface area contributed by atoms with Crippen LogP contribution in [-0.2, 0) is 15.1 Å². The molecule has 8 heteroatoms. The lowest BCUT2D eigenvalue weighted by molar-refractivity contribution is -0.177. The van der Waals surface area contributed by atoms with Crippen LogP contribution in [0.15, 0.2) is 69.1 Å². The van der Waals surface area contributed by atoms with E-state index in [1.54, 1.807) is 41.8 Å². The molecule has 0 aliphatic carbocycles. The molecule has 1 aromatic carbocycles. The van der Waals surface area contributed by atoms with Crippen LogP contribution in [0, 0.1) is 0 Å². The van der Waals surface area contributed by atoms with Gasteiger partial charge in [0.2, 0.25) is 5.54 Å². The standard InChI is InChI=1S/C19H12F3NO3S/c1-11(24)25-14-10-18(19(20,21)22,23-17(14)15-7-4-8-27-15)16-9-12-5-2-3-6-13(12)26-16/h2-10H,1H3. The number of thiophene rings is 1. The second kappa shape index (κ2) is 6.09. The van der Waals surface area contributed by atoms with E-state index in [1.807, 2.05) is 0 Å². The van der Waals surface area contributed by atoms with E-state index in [1.165, 1.54) is 17.4 Å². The van der Waals surface area contributed by atoms with Gasteiger partial charge in [-0.15, -0.1) is 11.3 Å². The van der Waals surface area contributed by atoms with Crippen molar-refractivity contribution in [2.45, 2.75) is 18.6 Å². The molecule has 0 amide bonds. The average Bonchev–Trinajstić information content (AvgIpc) is 3.31. The third-order valence-corrected chi connectivity index (χ3v) is 4.98. The van der Waals surface area contributed by atoms with Gasteiger partial charge in [-0.1, -0.05) is 24.3 Å². The predicted octanol–water partition coefficient (Wildman–Crippen LogP) is 5.20. The summed E-state index contributed by atoms with van der Waals surface area (Å²) in [5.41, 5.74) is -2.48. The maximum absolute atomic E-state index is 14.2. The fourth-order valence-corrected chi connectivity index (χ4v) is 3.64. The molecule has 0 saturated heterocycles. The van der Waals surface area contributed by atoms with Crippen LogP contribution in [0.3, 0.4) is 0 Å². The van der Waals surface area contributed by atoms with Gasteiger partial charge in [-0.2, -0.15) is 13.2 Å². The number of alkyl halides is 3. The van der Waals surface area contributed by atoms with Crippen molar-refractivity contribution >= 4 is 34.0 Å². The van der Waals surface area contributed by atoms with Crippen LogP contribution in [-0.4, -0.2) is 17.9 Å². The zero-order valence-corrected chi connectivity index (χ0v) is 14.7. The van der Waals surface area contributed by atoms with E-state index in [-0.39, 0.29) is 17.2 Å². The highest BCUT2D eigenvalue weighted by molar-refractivity contribution is 7.12. The summed E-state index contributed by atoms with van der Waals surface area (Å²) in [4.78, 5) is 15.9. The van der Waals surface area contributed by atoms with Crippen molar-refractivity contribution in [2.75, 3.05) is 0 Å². The van der Waals surface area contributed by atoms with Gasteiger partial charge in [0.05, 0.1) is 4.88 Å². The number of benzene rings is 1. The van der Waals surface area contributed by atoms with E-state index >= 15 is 0 Å². The zero-order valence-electron chi connectivity index (χ0n) is 13.9.